The molecule has 0 spiro atoms. The number of amides is 2. The molecule has 2 aromatic rings. The lowest BCUT2D eigenvalue weighted by atomic mass is 10.2. The van der Waals surface area contributed by atoms with Crippen LogP contribution in [0.3, 0.4) is 0 Å². The summed E-state index contributed by atoms with van der Waals surface area (Å²) in [5.74, 6) is 0.523. The second-order valence-electron chi connectivity index (χ2n) is 7.23. The molecule has 1 fully saturated rings. The molecule has 0 saturated carbocycles. The molecule has 8 nitrogen and oxygen atoms in total. The number of nitrogens with one attached hydrogen (secondary N) is 1. The summed E-state index contributed by atoms with van der Waals surface area (Å²) < 4.78 is 0. The van der Waals surface area contributed by atoms with Crippen molar-refractivity contribution >= 4 is 23.5 Å². The van der Waals surface area contributed by atoms with Gasteiger partial charge in [0.25, 0.3) is 5.91 Å². The molecule has 1 N–H and O–H groups in total. The second kappa shape index (κ2) is 7.90. The molecule has 3 heterocycles. The molecule has 0 bridgehead atoms. The highest BCUT2D eigenvalue weighted by atomic mass is 16.2. The van der Waals surface area contributed by atoms with Gasteiger partial charge >= 0.3 is 0 Å². The molecule has 0 unspecified atom stereocenters. The van der Waals surface area contributed by atoms with Gasteiger partial charge in [0, 0.05) is 44.0 Å². The SMILES string of the molecule is Cc1cc(C)nc(N2CCN(C(=O)C3=CCC(=O)N(c4ccccc4)N3)CC2)n1. The number of benzene rings is 1. The maximum absolute atomic E-state index is 13.0. The van der Waals surface area contributed by atoms with Crippen LogP contribution in [0.15, 0.2) is 48.2 Å². The zero-order valence-electron chi connectivity index (χ0n) is 16.6. The zero-order valence-corrected chi connectivity index (χ0v) is 16.6. The molecule has 150 valence electrons. The third-order valence-corrected chi connectivity index (χ3v) is 5.03. The summed E-state index contributed by atoms with van der Waals surface area (Å²) >= 11 is 0. The summed E-state index contributed by atoms with van der Waals surface area (Å²) in [5.41, 5.74) is 6.02. The third-order valence-electron chi connectivity index (χ3n) is 5.03. The van der Waals surface area contributed by atoms with Crippen molar-refractivity contribution in [2.75, 3.05) is 36.1 Å². The normalized spacial score (nSPS) is 17.1. The first-order valence-corrected chi connectivity index (χ1v) is 9.72. The quantitative estimate of drug-likeness (QED) is 0.854. The fraction of sp³-hybridized carbons (Fsp3) is 0.333. The number of hydrogen-bond acceptors (Lipinski definition) is 6. The molecule has 2 aliphatic heterocycles. The van der Waals surface area contributed by atoms with Crippen LogP contribution in [-0.2, 0) is 9.59 Å². The Hall–Kier alpha value is -3.42. The smallest absolute Gasteiger partial charge is 0.271 e. The summed E-state index contributed by atoms with van der Waals surface area (Å²) in [4.78, 5) is 38.2. The number of aromatic nitrogens is 2. The van der Waals surface area contributed by atoms with Gasteiger partial charge in [-0.1, -0.05) is 18.2 Å². The fourth-order valence-corrected chi connectivity index (χ4v) is 3.56. The van der Waals surface area contributed by atoms with E-state index < -0.39 is 0 Å². The molecule has 0 atom stereocenters. The predicted octanol–water partition coefficient (Wildman–Crippen LogP) is 1.57. The Kier molecular flexibility index (Phi) is 5.16. The van der Waals surface area contributed by atoms with E-state index in [0.29, 0.717) is 43.5 Å². The van der Waals surface area contributed by atoms with Gasteiger partial charge < -0.3 is 9.80 Å². The Morgan fingerprint density at radius 1 is 1.00 bits per heavy atom. The Labute approximate surface area is 169 Å². The van der Waals surface area contributed by atoms with Gasteiger partial charge in [0.1, 0.15) is 5.70 Å². The number of carbonyl (C=O) groups is 2. The number of rotatable bonds is 3. The standard InChI is InChI=1S/C21H24N6O2/c1-15-14-16(2)23-21(22-15)26-12-10-25(11-13-26)20(29)18-8-9-19(28)27(24-18)17-6-4-3-5-7-17/h3-8,14,24H,9-13H2,1-2H3. The zero-order chi connectivity index (χ0) is 20.4. The average Bonchev–Trinajstić information content (AvgIpc) is 2.74. The van der Waals surface area contributed by atoms with E-state index >= 15 is 0 Å². The van der Waals surface area contributed by atoms with Gasteiger partial charge in [-0.2, -0.15) is 0 Å². The molecule has 4 rings (SSSR count). The van der Waals surface area contributed by atoms with E-state index in [0.717, 1.165) is 11.4 Å². The number of anilines is 2. The van der Waals surface area contributed by atoms with Crippen LogP contribution in [0, 0.1) is 13.8 Å². The van der Waals surface area contributed by atoms with Crippen molar-refractivity contribution in [3.8, 4) is 0 Å². The first kappa shape index (κ1) is 18.9. The van der Waals surface area contributed by atoms with Crippen molar-refractivity contribution < 1.29 is 9.59 Å². The average molecular weight is 392 g/mol. The number of para-hydroxylation sites is 1. The van der Waals surface area contributed by atoms with Gasteiger partial charge in [0.15, 0.2) is 0 Å². The highest BCUT2D eigenvalue weighted by molar-refractivity contribution is 6.01. The topological polar surface area (TPSA) is 81.7 Å². The predicted molar refractivity (Wildman–Crippen MR) is 110 cm³/mol. The molecule has 1 aromatic carbocycles. The highest BCUT2D eigenvalue weighted by Crippen LogP contribution is 2.19. The van der Waals surface area contributed by atoms with Gasteiger partial charge in [-0.15, -0.1) is 0 Å². The van der Waals surface area contributed by atoms with Gasteiger partial charge in [0.2, 0.25) is 11.9 Å². The van der Waals surface area contributed by atoms with E-state index in [1.165, 1.54) is 5.01 Å². The number of hydrogen-bond donors (Lipinski definition) is 1. The molecule has 1 aromatic heterocycles. The molecule has 29 heavy (non-hydrogen) atoms. The van der Waals surface area contributed by atoms with E-state index in [4.69, 9.17) is 0 Å². The lowest BCUT2D eigenvalue weighted by Gasteiger charge is -2.36. The summed E-state index contributed by atoms with van der Waals surface area (Å²) in [6.07, 6.45) is 1.86. The molecule has 2 aliphatic rings. The maximum atomic E-state index is 13.0. The van der Waals surface area contributed by atoms with E-state index in [1.807, 2.05) is 50.2 Å². The van der Waals surface area contributed by atoms with Crippen LogP contribution in [0.1, 0.15) is 17.8 Å². The third kappa shape index (κ3) is 4.06. The molecule has 0 radical (unpaired) electrons. The Bertz CT molecular complexity index is 931. The van der Waals surface area contributed by atoms with E-state index in [9.17, 15) is 9.59 Å². The van der Waals surface area contributed by atoms with Gasteiger partial charge in [-0.3, -0.25) is 15.0 Å². The summed E-state index contributed by atoms with van der Waals surface area (Å²) in [6.45, 7) is 6.41. The van der Waals surface area contributed by atoms with Crippen molar-refractivity contribution in [3.63, 3.8) is 0 Å². The lowest BCUT2D eigenvalue weighted by Crippen LogP contribution is -2.54. The van der Waals surface area contributed by atoms with Crippen LogP contribution in [0.2, 0.25) is 0 Å². The Balaban J connectivity index is 1.41. The van der Waals surface area contributed by atoms with Crippen LogP contribution >= 0.6 is 0 Å². The summed E-state index contributed by atoms with van der Waals surface area (Å²) in [5, 5.41) is 1.44. The maximum Gasteiger partial charge on any atom is 0.271 e. The minimum Gasteiger partial charge on any atom is -0.337 e. The molecule has 2 amide bonds. The molecular formula is C21H24N6O2. The largest absolute Gasteiger partial charge is 0.337 e. The summed E-state index contributed by atoms with van der Waals surface area (Å²) in [7, 11) is 0. The van der Waals surface area contributed by atoms with Crippen molar-refractivity contribution in [3.05, 3.63) is 59.6 Å². The molecule has 1 saturated heterocycles. The van der Waals surface area contributed by atoms with E-state index in [2.05, 4.69) is 20.3 Å². The highest BCUT2D eigenvalue weighted by Gasteiger charge is 2.29. The van der Waals surface area contributed by atoms with E-state index in [-0.39, 0.29) is 18.2 Å². The van der Waals surface area contributed by atoms with Crippen LogP contribution in [0.25, 0.3) is 0 Å². The lowest BCUT2D eigenvalue weighted by molar-refractivity contribution is -0.128. The number of nitrogens with zero attached hydrogens (tertiary/aromatic N) is 5. The van der Waals surface area contributed by atoms with Gasteiger partial charge in [-0.25, -0.2) is 15.0 Å². The van der Waals surface area contributed by atoms with E-state index in [1.54, 1.807) is 11.0 Å². The van der Waals surface area contributed by atoms with Crippen molar-refractivity contribution in [2.45, 2.75) is 20.3 Å². The number of aryl methyl sites for hydroxylation is 2. The monoisotopic (exact) mass is 392 g/mol. The molecular weight excluding hydrogens is 368 g/mol. The Morgan fingerprint density at radius 2 is 1.66 bits per heavy atom. The number of carbonyl (C=O) groups excluding carboxylic acids is 2. The van der Waals surface area contributed by atoms with Gasteiger partial charge in [-0.05, 0) is 38.1 Å². The first-order chi connectivity index (χ1) is 14.0. The molecule has 8 heteroatoms. The number of hydrazine groups is 1. The van der Waals surface area contributed by atoms with Crippen LogP contribution < -0.4 is 15.3 Å². The van der Waals surface area contributed by atoms with Crippen molar-refractivity contribution in [1.29, 1.82) is 0 Å². The molecule has 0 aliphatic carbocycles. The minimum atomic E-state index is -0.0978. The van der Waals surface area contributed by atoms with Crippen LogP contribution in [0.5, 0.6) is 0 Å². The van der Waals surface area contributed by atoms with Crippen molar-refractivity contribution in [1.82, 2.24) is 20.3 Å². The van der Waals surface area contributed by atoms with Crippen molar-refractivity contribution in [2.24, 2.45) is 0 Å². The minimum absolute atomic E-state index is 0.0930. The van der Waals surface area contributed by atoms with Gasteiger partial charge in [0.05, 0.1) is 5.69 Å². The van der Waals surface area contributed by atoms with Crippen LogP contribution in [0.4, 0.5) is 11.6 Å². The first-order valence-electron chi connectivity index (χ1n) is 9.72. The van der Waals surface area contributed by atoms with Crippen LogP contribution in [-0.4, -0.2) is 52.9 Å². The Morgan fingerprint density at radius 3 is 2.31 bits per heavy atom. The number of piperazine rings is 1. The second-order valence-corrected chi connectivity index (χ2v) is 7.23. The fourth-order valence-electron chi connectivity index (χ4n) is 3.56. The summed E-state index contributed by atoms with van der Waals surface area (Å²) in [6, 6.07) is 11.2.